The van der Waals surface area contributed by atoms with Crippen LogP contribution in [0.15, 0.2) is 30.5 Å². The molecule has 1 saturated carbocycles. The molecule has 2 N–H and O–H groups in total. The maximum absolute atomic E-state index is 13.5. The van der Waals surface area contributed by atoms with Crippen molar-refractivity contribution in [1.29, 1.82) is 0 Å². The van der Waals surface area contributed by atoms with E-state index in [1.54, 1.807) is 12.1 Å². The summed E-state index contributed by atoms with van der Waals surface area (Å²) < 4.78 is 14.7. The minimum Gasteiger partial charge on any atom is -0.322 e. The van der Waals surface area contributed by atoms with Crippen LogP contribution in [0.5, 0.6) is 0 Å². The van der Waals surface area contributed by atoms with Crippen molar-refractivity contribution in [2.45, 2.75) is 25.8 Å². The Balaban J connectivity index is 1.55. The number of hydrogen-bond acceptors (Lipinski definition) is 4. The molecule has 1 aromatic heterocycles. The molecule has 0 atom stereocenters. The summed E-state index contributed by atoms with van der Waals surface area (Å²) in [4.78, 5) is 23.7. The molecule has 120 valence electrons. The van der Waals surface area contributed by atoms with Gasteiger partial charge < -0.3 is 10.6 Å². The fourth-order valence-electron chi connectivity index (χ4n) is 2.23. The zero-order valence-electron chi connectivity index (χ0n) is 12.3. The van der Waals surface area contributed by atoms with Crippen LogP contribution in [0.4, 0.5) is 15.9 Å². The number of halogens is 1. The molecule has 0 bridgehead atoms. The Morgan fingerprint density at radius 3 is 2.74 bits per heavy atom. The SMILES string of the molecule is O=C(Cn1cc(NC(=O)C2CCC2)nn1)Nc1ccccc1F. The molecule has 7 nitrogen and oxygen atoms in total. The van der Waals surface area contributed by atoms with Crippen LogP contribution in [0.1, 0.15) is 19.3 Å². The summed E-state index contributed by atoms with van der Waals surface area (Å²) >= 11 is 0. The predicted molar refractivity (Wildman–Crippen MR) is 81.0 cm³/mol. The molecule has 1 aliphatic rings. The quantitative estimate of drug-likeness (QED) is 0.880. The van der Waals surface area contributed by atoms with E-state index in [0.717, 1.165) is 19.3 Å². The molecule has 1 fully saturated rings. The molecule has 2 aromatic rings. The molecular weight excluding hydrogens is 301 g/mol. The first-order valence-electron chi connectivity index (χ1n) is 7.37. The van der Waals surface area contributed by atoms with Crippen molar-refractivity contribution in [3.63, 3.8) is 0 Å². The number of carbonyl (C=O) groups excluding carboxylic acids is 2. The first-order valence-corrected chi connectivity index (χ1v) is 7.37. The summed E-state index contributed by atoms with van der Waals surface area (Å²) in [5.74, 6) is -0.658. The van der Waals surface area contributed by atoms with Crippen LogP contribution in [0.2, 0.25) is 0 Å². The van der Waals surface area contributed by atoms with Crippen LogP contribution in [-0.2, 0) is 16.1 Å². The lowest BCUT2D eigenvalue weighted by atomic mass is 9.85. The van der Waals surface area contributed by atoms with Gasteiger partial charge in [0.15, 0.2) is 5.82 Å². The monoisotopic (exact) mass is 317 g/mol. The Bertz CT molecular complexity index is 726. The smallest absolute Gasteiger partial charge is 0.246 e. The molecule has 0 unspecified atom stereocenters. The second-order valence-electron chi connectivity index (χ2n) is 5.45. The van der Waals surface area contributed by atoms with Crippen molar-refractivity contribution in [2.75, 3.05) is 10.6 Å². The predicted octanol–water partition coefficient (Wildman–Crippen LogP) is 1.79. The van der Waals surface area contributed by atoms with Crippen molar-refractivity contribution >= 4 is 23.3 Å². The molecular formula is C15H16FN5O2. The number of amides is 2. The number of hydrogen-bond donors (Lipinski definition) is 2. The standard InChI is InChI=1S/C15H16FN5O2/c16-11-6-1-2-7-12(11)17-14(22)9-21-8-13(19-20-21)18-15(23)10-4-3-5-10/h1-2,6-8,10H,3-5,9H2,(H,17,22)(H,18,23). The van der Waals surface area contributed by atoms with Gasteiger partial charge >= 0.3 is 0 Å². The third-order valence-electron chi connectivity index (χ3n) is 3.72. The van der Waals surface area contributed by atoms with Gasteiger partial charge in [-0.15, -0.1) is 5.10 Å². The van der Waals surface area contributed by atoms with Crippen LogP contribution in [0.25, 0.3) is 0 Å². The number of nitrogens with zero attached hydrogens (tertiary/aromatic N) is 3. The van der Waals surface area contributed by atoms with E-state index < -0.39 is 11.7 Å². The average molecular weight is 317 g/mol. The van der Waals surface area contributed by atoms with E-state index in [-0.39, 0.29) is 24.1 Å². The highest BCUT2D eigenvalue weighted by Gasteiger charge is 2.25. The number of rotatable bonds is 5. The maximum atomic E-state index is 13.5. The first kappa shape index (κ1) is 15.1. The second kappa shape index (κ2) is 6.55. The Morgan fingerprint density at radius 2 is 2.04 bits per heavy atom. The number of anilines is 2. The van der Waals surface area contributed by atoms with E-state index >= 15 is 0 Å². The van der Waals surface area contributed by atoms with E-state index in [4.69, 9.17) is 0 Å². The van der Waals surface area contributed by atoms with Gasteiger partial charge in [0, 0.05) is 5.92 Å². The summed E-state index contributed by atoms with van der Waals surface area (Å²) in [6, 6.07) is 5.90. The summed E-state index contributed by atoms with van der Waals surface area (Å²) in [5, 5.41) is 12.7. The summed E-state index contributed by atoms with van der Waals surface area (Å²) in [6.07, 6.45) is 4.33. The van der Waals surface area contributed by atoms with Crippen LogP contribution in [-0.4, -0.2) is 26.8 Å². The highest BCUT2D eigenvalue weighted by atomic mass is 19.1. The number of benzene rings is 1. The van der Waals surface area contributed by atoms with Gasteiger partial charge in [0.25, 0.3) is 0 Å². The van der Waals surface area contributed by atoms with Gasteiger partial charge in [0.2, 0.25) is 11.8 Å². The average Bonchev–Trinajstić information content (AvgIpc) is 2.86. The van der Waals surface area contributed by atoms with Gasteiger partial charge in [-0.3, -0.25) is 9.59 Å². The molecule has 0 saturated heterocycles. The van der Waals surface area contributed by atoms with Gasteiger partial charge in [-0.05, 0) is 25.0 Å². The Morgan fingerprint density at radius 1 is 1.26 bits per heavy atom. The third kappa shape index (κ3) is 3.71. The number of nitrogens with one attached hydrogen (secondary N) is 2. The molecule has 1 heterocycles. The van der Waals surface area contributed by atoms with Crippen LogP contribution in [0.3, 0.4) is 0 Å². The van der Waals surface area contributed by atoms with Gasteiger partial charge in [-0.2, -0.15) is 0 Å². The largest absolute Gasteiger partial charge is 0.322 e. The van der Waals surface area contributed by atoms with Gasteiger partial charge in [0.1, 0.15) is 12.4 Å². The van der Waals surface area contributed by atoms with Crippen molar-refractivity contribution in [3.8, 4) is 0 Å². The number of aromatic nitrogens is 3. The molecule has 1 aromatic carbocycles. The molecule has 1 aliphatic carbocycles. The van der Waals surface area contributed by atoms with Gasteiger partial charge in [-0.1, -0.05) is 23.8 Å². The van der Waals surface area contributed by atoms with Crippen molar-refractivity contribution in [1.82, 2.24) is 15.0 Å². The summed E-state index contributed by atoms with van der Waals surface area (Å²) in [5.41, 5.74) is 0.108. The van der Waals surface area contributed by atoms with Crippen LogP contribution >= 0.6 is 0 Å². The van der Waals surface area contributed by atoms with Crippen LogP contribution in [0, 0.1) is 11.7 Å². The van der Waals surface area contributed by atoms with Crippen molar-refractivity contribution in [2.24, 2.45) is 5.92 Å². The molecule has 23 heavy (non-hydrogen) atoms. The van der Waals surface area contributed by atoms with E-state index in [0.29, 0.717) is 5.82 Å². The van der Waals surface area contributed by atoms with Crippen LogP contribution < -0.4 is 10.6 Å². The second-order valence-corrected chi connectivity index (χ2v) is 5.45. The summed E-state index contributed by atoms with van der Waals surface area (Å²) in [7, 11) is 0. The normalized spacial score (nSPS) is 14.1. The number of para-hydroxylation sites is 1. The number of carbonyl (C=O) groups is 2. The maximum Gasteiger partial charge on any atom is 0.246 e. The lowest BCUT2D eigenvalue weighted by Gasteiger charge is -2.23. The molecule has 8 heteroatoms. The highest BCUT2D eigenvalue weighted by molar-refractivity contribution is 5.92. The van der Waals surface area contributed by atoms with E-state index in [9.17, 15) is 14.0 Å². The van der Waals surface area contributed by atoms with Crippen molar-refractivity contribution < 1.29 is 14.0 Å². The van der Waals surface area contributed by atoms with E-state index in [1.807, 2.05) is 0 Å². The summed E-state index contributed by atoms with van der Waals surface area (Å²) in [6.45, 7) is -0.124. The third-order valence-corrected chi connectivity index (χ3v) is 3.72. The molecule has 0 aliphatic heterocycles. The fourth-order valence-corrected chi connectivity index (χ4v) is 2.23. The van der Waals surface area contributed by atoms with E-state index in [2.05, 4.69) is 20.9 Å². The minimum absolute atomic E-state index is 0.0458. The Hall–Kier alpha value is -2.77. The highest BCUT2D eigenvalue weighted by Crippen LogP contribution is 2.27. The van der Waals surface area contributed by atoms with E-state index in [1.165, 1.54) is 23.0 Å². The molecule has 0 radical (unpaired) electrons. The Labute approximate surface area is 131 Å². The zero-order chi connectivity index (χ0) is 16.2. The molecule has 2 amide bonds. The van der Waals surface area contributed by atoms with Gasteiger partial charge in [0.05, 0.1) is 11.9 Å². The topological polar surface area (TPSA) is 88.9 Å². The zero-order valence-corrected chi connectivity index (χ0v) is 12.3. The minimum atomic E-state index is -0.507. The molecule has 3 rings (SSSR count). The fraction of sp³-hybridized carbons (Fsp3) is 0.333. The lowest BCUT2D eigenvalue weighted by Crippen LogP contribution is -2.28. The lowest BCUT2D eigenvalue weighted by molar-refractivity contribution is -0.122. The molecule has 0 spiro atoms. The van der Waals surface area contributed by atoms with Gasteiger partial charge in [-0.25, -0.2) is 9.07 Å². The van der Waals surface area contributed by atoms with Crippen molar-refractivity contribution in [3.05, 3.63) is 36.3 Å². The first-order chi connectivity index (χ1) is 11.1. The Kier molecular flexibility index (Phi) is 4.31.